The Bertz CT molecular complexity index is 2060. The van der Waals surface area contributed by atoms with Crippen LogP contribution in [0.2, 0.25) is 0 Å². The zero-order valence-electron chi connectivity index (χ0n) is 31.0. The smallest absolute Gasteiger partial charge is 0.320 e. The lowest BCUT2D eigenvalue weighted by atomic mass is 9.85. The molecule has 53 heavy (non-hydrogen) atoms. The summed E-state index contributed by atoms with van der Waals surface area (Å²) in [6.45, 7) is 11.9. The number of amides is 2. The highest BCUT2D eigenvalue weighted by atomic mass is 16.5. The van der Waals surface area contributed by atoms with Crippen molar-refractivity contribution < 1.29 is 14.3 Å². The second-order valence-electron chi connectivity index (χ2n) is 14.7. The fourth-order valence-electron chi connectivity index (χ4n) is 6.47. The predicted octanol–water partition coefficient (Wildman–Crippen LogP) is 6.85. The van der Waals surface area contributed by atoms with E-state index in [0.29, 0.717) is 55.6 Å². The third-order valence-corrected chi connectivity index (χ3v) is 9.64. The summed E-state index contributed by atoms with van der Waals surface area (Å²) in [5, 5.41) is 23.9. The number of ether oxygens (including phenoxy) is 2. The van der Waals surface area contributed by atoms with Crippen LogP contribution in [0.5, 0.6) is 5.75 Å². The number of hydrogen-bond acceptors (Lipinski definition) is 8. The van der Waals surface area contributed by atoms with Crippen molar-refractivity contribution in [1.82, 2.24) is 20.1 Å². The Morgan fingerprint density at radius 3 is 2.42 bits per heavy atom. The van der Waals surface area contributed by atoms with Crippen LogP contribution < -0.4 is 26.6 Å². The van der Waals surface area contributed by atoms with E-state index in [1.54, 1.807) is 29.0 Å². The van der Waals surface area contributed by atoms with Gasteiger partial charge in [-0.05, 0) is 60.7 Å². The molecule has 1 fully saturated rings. The highest BCUT2D eigenvalue weighted by molar-refractivity contribution is 6.05. The summed E-state index contributed by atoms with van der Waals surface area (Å²) in [7, 11) is 0. The van der Waals surface area contributed by atoms with Gasteiger partial charge in [-0.3, -0.25) is 25.6 Å². The minimum Gasteiger partial charge on any atom is -0.484 e. The molecule has 0 bridgehead atoms. The third kappa shape index (κ3) is 9.48. The number of aliphatic imine (C=N–C) groups is 1. The van der Waals surface area contributed by atoms with Crippen molar-refractivity contribution in [1.29, 1.82) is 10.8 Å². The van der Waals surface area contributed by atoms with Crippen LogP contribution in [0.3, 0.4) is 0 Å². The summed E-state index contributed by atoms with van der Waals surface area (Å²) >= 11 is 0. The first kappa shape index (κ1) is 37.2. The monoisotopic (exact) mass is 714 g/mol. The number of nitrogens with two attached hydrogens (primary N) is 1. The van der Waals surface area contributed by atoms with Crippen LogP contribution in [0.4, 0.5) is 10.5 Å². The van der Waals surface area contributed by atoms with Gasteiger partial charge in [0.2, 0.25) is 0 Å². The van der Waals surface area contributed by atoms with Gasteiger partial charge < -0.3 is 20.5 Å². The number of rotatable bonds is 8. The van der Waals surface area contributed by atoms with E-state index < -0.39 is 0 Å². The first-order chi connectivity index (χ1) is 25.4. The van der Waals surface area contributed by atoms with Crippen molar-refractivity contribution >= 4 is 23.4 Å². The van der Waals surface area contributed by atoms with Crippen LogP contribution in [0, 0.1) is 23.2 Å². The summed E-state index contributed by atoms with van der Waals surface area (Å²) in [6, 6.07) is 26.4. The van der Waals surface area contributed by atoms with E-state index >= 15 is 0 Å². The molecule has 1 saturated heterocycles. The Labute approximate surface area is 311 Å². The number of benzene rings is 3. The average Bonchev–Trinajstić information content (AvgIpc) is 3.14. The molecule has 4 aromatic rings. The number of allylic oxidation sites excluding steroid dienone is 1. The average molecular weight is 715 g/mol. The van der Waals surface area contributed by atoms with E-state index in [4.69, 9.17) is 31.0 Å². The Hall–Kier alpha value is -5.52. The molecule has 1 aliphatic heterocycles. The first-order valence-electron chi connectivity index (χ1n) is 18.2. The molecule has 11 heteroatoms. The van der Waals surface area contributed by atoms with Crippen molar-refractivity contribution in [3.05, 3.63) is 136 Å². The maximum atomic E-state index is 13.5. The molecular formula is C42H50N8O3. The molecule has 11 nitrogen and oxygen atoms in total. The predicted molar refractivity (Wildman–Crippen MR) is 209 cm³/mol. The number of amidine groups is 1. The Kier molecular flexibility index (Phi) is 11.6. The topological polar surface area (TPSA) is 154 Å². The molecule has 0 saturated carbocycles. The summed E-state index contributed by atoms with van der Waals surface area (Å²) in [4.78, 5) is 20.5. The lowest BCUT2D eigenvalue weighted by Gasteiger charge is -2.32. The Morgan fingerprint density at radius 1 is 0.981 bits per heavy atom. The van der Waals surface area contributed by atoms with Gasteiger partial charge in [0.1, 0.15) is 29.0 Å². The summed E-state index contributed by atoms with van der Waals surface area (Å²) in [5.41, 5.74) is 12.4. The number of nitrogens with zero attached hydrogens (tertiary/aromatic N) is 3. The molecule has 2 aliphatic rings. The van der Waals surface area contributed by atoms with Crippen LogP contribution in [0.25, 0.3) is 0 Å². The molecule has 1 aliphatic carbocycles. The summed E-state index contributed by atoms with van der Waals surface area (Å²) in [5.74, 6) is 1.12. The molecule has 0 spiro atoms. The highest BCUT2D eigenvalue weighted by Crippen LogP contribution is 2.38. The number of morpholine rings is 1. The molecule has 2 heterocycles. The summed E-state index contributed by atoms with van der Waals surface area (Å²) in [6.07, 6.45) is 4.44. The van der Waals surface area contributed by atoms with Gasteiger partial charge in [0.15, 0.2) is 0 Å². The van der Waals surface area contributed by atoms with E-state index in [2.05, 4.69) is 15.5 Å². The van der Waals surface area contributed by atoms with Crippen molar-refractivity contribution in [3.63, 3.8) is 0 Å². The van der Waals surface area contributed by atoms with Crippen molar-refractivity contribution in [2.24, 2.45) is 16.1 Å². The Balaban J connectivity index is 1.18. The van der Waals surface area contributed by atoms with E-state index in [0.717, 1.165) is 40.9 Å². The number of aromatic nitrogens is 1. The van der Waals surface area contributed by atoms with E-state index in [-0.39, 0.29) is 34.9 Å². The van der Waals surface area contributed by atoms with Gasteiger partial charge in [-0.25, -0.2) is 9.79 Å². The Morgan fingerprint density at radius 2 is 1.68 bits per heavy atom. The largest absolute Gasteiger partial charge is 0.484 e. The van der Waals surface area contributed by atoms with Crippen molar-refractivity contribution in [2.75, 3.05) is 26.3 Å². The van der Waals surface area contributed by atoms with Gasteiger partial charge in [-0.2, -0.15) is 0 Å². The molecule has 1 aromatic heterocycles. The zero-order valence-corrected chi connectivity index (χ0v) is 31.0. The number of pyridine rings is 1. The number of carbonyl (C=O) groups is 1. The fourth-order valence-corrected chi connectivity index (χ4v) is 6.47. The van der Waals surface area contributed by atoms with E-state index in [9.17, 15) is 4.79 Å². The molecular weight excluding hydrogens is 665 g/mol. The lowest BCUT2D eigenvalue weighted by molar-refractivity contribution is 0.0341. The molecule has 276 valence electrons. The fraction of sp³-hybridized carbons (Fsp3) is 0.333. The number of carbonyl (C=O) groups excluding carboxylic acids is 1. The van der Waals surface area contributed by atoms with E-state index in [1.807, 2.05) is 100 Å². The third-order valence-electron chi connectivity index (χ3n) is 9.64. The maximum absolute atomic E-state index is 13.5. The standard InChI is InChI=1S/C42H50N8O3/c1-28-13-15-30(16-14-28)46-39(25-37(43)42(2,3)4)48-41(51)47-35-18-19-36(34-12-8-7-11-33(34)35)53-31-17-20-38(44)50(27-31)40(45)32-10-6-5-9-29(32)26-49-21-23-52-24-22-49/h5-17,20,25,27,35-36,44-45H,18-19,21-24,26,43H2,1-4H3,(H2,46,47,48,51)/b37-25-,44-38?,45-40?/t35-,36+/m0/s1. The second-order valence-corrected chi connectivity index (χ2v) is 14.7. The van der Waals surface area contributed by atoms with Gasteiger partial charge >= 0.3 is 6.03 Å². The van der Waals surface area contributed by atoms with Crippen LogP contribution in [0.1, 0.15) is 73.6 Å². The number of hydrogen-bond donors (Lipinski definition) is 5. The molecule has 6 rings (SSSR count). The number of nitrogens with one attached hydrogen (secondary N) is 4. The SMILES string of the molecule is Cc1ccc(N=C(/C=C(\N)C(C)(C)C)NC(=O)N[C@H]2CC[C@@H](Oc3ccc(=N)n(C(=N)c4ccccc4CN4CCOCC4)c3)c3ccccc32)cc1. The van der Waals surface area contributed by atoms with Crippen LogP contribution >= 0.6 is 0 Å². The van der Waals surface area contributed by atoms with Gasteiger partial charge in [0.05, 0.1) is 31.1 Å². The van der Waals surface area contributed by atoms with Crippen molar-refractivity contribution in [3.8, 4) is 5.75 Å². The molecule has 2 atom stereocenters. The first-order valence-corrected chi connectivity index (χ1v) is 18.2. The van der Waals surface area contributed by atoms with Crippen LogP contribution in [-0.4, -0.2) is 53.5 Å². The number of fused-ring (bicyclic) bond motifs is 1. The second kappa shape index (κ2) is 16.4. The van der Waals surface area contributed by atoms with Gasteiger partial charge in [0, 0.05) is 42.4 Å². The normalized spacial score (nSPS) is 18.2. The van der Waals surface area contributed by atoms with Gasteiger partial charge in [-0.15, -0.1) is 0 Å². The zero-order chi connectivity index (χ0) is 37.5. The number of aryl methyl sites for hydroxylation is 1. The maximum Gasteiger partial charge on any atom is 0.320 e. The minimum atomic E-state index is -0.382. The molecule has 6 N–H and O–H groups in total. The minimum absolute atomic E-state index is 0.187. The quantitative estimate of drug-likeness (QED) is 0.0998. The summed E-state index contributed by atoms with van der Waals surface area (Å²) < 4.78 is 13.7. The van der Waals surface area contributed by atoms with Crippen LogP contribution in [-0.2, 0) is 11.3 Å². The molecule has 0 unspecified atom stereocenters. The molecule has 3 aromatic carbocycles. The molecule has 2 amide bonds. The molecule has 0 radical (unpaired) electrons. The van der Waals surface area contributed by atoms with Crippen LogP contribution in [0.15, 0.2) is 108 Å². The van der Waals surface area contributed by atoms with Gasteiger partial charge in [-0.1, -0.05) is 87.0 Å². The van der Waals surface area contributed by atoms with Crippen molar-refractivity contribution in [2.45, 2.75) is 59.2 Å². The lowest BCUT2D eigenvalue weighted by Crippen LogP contribution is -2.42. The number of urea groups is 1. The van der Waals surface area contributed by atoms with Gasteiger partial charge in [0.25, 0.3) is 0 Å². The highest BCUT2D eigenvalue weighted by Gasteiger charge is 2.30. The van der Waals surface area contributed by atoms with E-state index in [1.165, 1.54) is 0 Å².